The number of aromatic nitrogens is 1. The number of aryl methyl sites for hydroxylation is 1. The fourth-order valence-electron chi connectivity index (χ4n) is 1.68. The Labute approximate surface area is 99.1 Å². The first kappa shape index (κ1) is 11.1. The first-order valence-electron chi connectivity index (χ1n) is 5.23. The fraction of sp³-hybridized carbons (Fsp3) is 0.250. The van der Waals surface area contributed by atoms with Crippen molar-refractivity contribution in [2.24, 2.45) is 5.73 Å². The van der Waals surface area contributed by atoms with Crippen LogP contribution in [0.1, 0.15) is 10.4 Å². The highest BCUT2D eigenvalue weighted by Gasteiger charge is 2.07. The van der Waals surface area contributed by atoms with E-state index in [1.54, 1.807) is 0 Å². The lowest BCUT2D eigenvalue weighted by atomic mass is 10.1. The highest BCUT2D eigenvalue weighted by molar-refractivity contribution is 7.15. The molecule has 0 amide bonds. The predicted molar refractivity (Wildman–Crippen MR) is 69.5 cm³/mol. The molecule has 3 nitrogen and oxygen atoms in total. The summed E-state index contributed by atoms with van der Waals surface area (Å²) >= 11 is 1.53. The summed E-state index contributed by atoms with van der Waals surface area (Å²) in [6.07, 6.45) is 0.915. The monoisotopic (exact) mass is 233 g/mol. The van der Waals surface area contributed by atoms with Crippen LogP contribution in [0.3, 0.4) is 0 Å². The largest absolute Gasteiger partial charge is 0.375 e. The molecule has 2 rings (SSSR count). The molecule has 0 radical (unpaired) electrons. The van der Waals surface area contributed by atoms with Crippen LogP contribution in [-0.2, 0) is 6.42 Å². The molecule has 4 N–H and O–H groups in total. The van der Waals surface area contributed by atoms with E-state index in [2.05, 4.69) is 29.2 Å². The van der Waals surface area contributed by atoms with E-state index in [1.165, 1.54) is 16.9 Å². The smallest absolute Gasteiger partial charge is 0.180 e. The number of nitrogen functional groups attached to an aromatic ring is 1. The fourth-order valence-corrected chi connectivity index (χ4v) is 2.39. The Morgan fingerprint density at radius 1 is 1.25 bits per heavy atom. The lowest BCUT2D eigenvalue weighted by Crippen LogP contribution is -2.02. The number of rotatable bonds is 3. The Morgan fingerprint density at radius 2 is 1.94 bits per heavy atom. The van der Waals surface area contributed by atoms with E-state index in [4.69, 9.17) is 11.5 Å². The summed E-state index contributed by atoms with van der Waals surface area (Å²) in [7, 11) is 0. The van der Waals surface area contributed by atoms with E-state index < -0.39 is 0 Å². The minimum atomic E-state index is 0.624. The molecule has 0 aliphatic rings. The van der Waals surface area contributed by atoms with Gasteiger partial charge in [0.15, 0.2) is 5.13 Å². The van der Waals surface area contributed by atoms with Crippen LogP contribution in [-0.4, -0.2) is 11.5 Å². The molecule has 0 aliphatic heterocycles. The standard InChI is InChI=1S/C12H15N3S/c1-8-11(15-12(14)16-8)10-4-2-9(3-5-10)6-7-13/h2-5H,6-7,13H2,1H3,(H2,14,15). The number of hydrogen-bond donors (Lipinski definition) is 2. The van der Waals surface area contributed by atoms with Crippen molar-refractivity contribution in [1.29, 1.82) is 0 Å². The van der Waals surface area contributed by atoms with Crippen LogP contribution in [0.2, 0.25) is 0 Å². The lowest BCUT2D eigenvalue weighted by Gasteiger charge is -2.01. The topological polar surface area (TPSA) is 64.9 Å². The first-order chi connectivity index (χ1) is 7.70. The second-order valence-electron chi connectivity index (χ2n) is 3.69. The van der Waals surface area contributed by atoms with Gasteiger partial charge in [-0.2, -0.15) is 0 Å². The van der Waals surface area contributed by atoms with E-state index in [1.807, 2.05) is 6.92 Å². The van der Waals surface area contributed by atoms with Crippen molar-refractivity contribution in [3.8, 4) is 11.3 Å². The highest BCUT2D eigenvalue weighted by Crippen LogP contribution is 2.28. The number of benzene rings is 1. The Hall–Kier alpha value is -1.39. The highest BCUT2D eigenvalue weighted by atomic mass is 32.1. The normalized spacial score (nSPS) is 10.6. The van der Waals surface area contributed by atoms with E-state index in [-0.39, 0.29) is 0 Å². The summed E-state index contributed by atoms with van der Waals surface area (Å²) in [6, 6.07) is 8.34. The molecule has 1 aromatic heterocycles. The average Bonchev–Trinajstić information content (AvgIpc) is 2.59. The van der Waals surface area contributed by atoms with Crippen LogP contribution in [0.5, 0.6) is 0 Å². The first-order valence-corrected chi connectivity index (χ1v) is 6.04. The summed E-state index contributed by atoms with van der Waals surface area (Å²) < 4.78 is 0. The van der Waals surface area contributed by atoms with E-state index in [9.17, 15) is 0 Å². The van der Waals surface area contributed by atoms with Crippen molar-refractivity contribution in [3.63, 3.8) is 0 Å². The zero-order chi connectivity index (χ0) is 11.5. The van der Waals surface area contributed by atoms with Crippen LogP contribution < -0.4 is 11.5 Å². The van der Waals surface area contributed by atoms with Gasteiger partial charge in [-0.25, -0.2) is 4.98 Å². The molecule has 16 heavy (non-hydrogen) atoms. The number of hydrogen-bond acceptors (Lipinski definition) is 4. The van der Waals surface area contributed by atoms with Crippen LogP contribution in [0, 0.1) is 6.92 Å². The van der Waals surface area contributed by atoms with Crippen molar-refractivity contribution < 1.29 is 0 Å². The van der Waals surface area contributed by atoms with Gasteiger partial charge in [-0.15, -0.1) is 11.3 Å². The maximum absolute atomic E-state index is 5.69. The molecule has 0 unspecified atom stereocenters. The van der Waals surface area contributed by atoms with Gasteiger partial charge in [0.2, 0.25) is 0 Å². The SMILES string of the molecule is Cc1sc(N)nc1-c1ccc(CCN)cc1. The summed E-state index contributed by atoms with van der Waals surface area (Å²) in [6.45, 7) is 2.72. The van der Waals surface area contributed by atoms with Crippen molar-refractivity contribution in [1.82, 2.24) is 4.98 Å². The number of anilines is 1. The molecule has 0 saturated heterocycles. The quantitative estimate of drug-likeness (QED) is 0.854. The van der Waals surface area contributed by atoms with Gasteiger partial charge in [-0.3, -0.25) is 0 Å². The van der Waals surface area contributed by atoms with Crippen molar-refractivity contribution in [2.75, 3.05) is 12.3 Å². The van der Waals surface area contributed by atoms with Crippen molar-refractivity contribution >= 4 is 16.5 Å². The van der Waals surface area contributed by atoms with Crippen molar-refractivity contribution in [2.45, 2.75) is 13.3 Å². The molecule has 0 aliphatic carbocycles. The maximum Gasteiger partial charge on any atom is 0.180 e. The van der Waals surface area contributed by atoms with Crippen LogP contribution in [0.15, 0.2) is 24.3 Å². The van der Waals surface area contributed by atoms with Gasteiger partial charge in [0.25, 0.3) is 0 Å². The van der Waals surface area contributed by atoms with Gasteiger partial charge >= 0.3 is 0 Å². The molecule has 0 fully saturated rings. The predicted octanol–water partition coefficient (Wildman–Crippen LogP) is 2.20. The zero-order valence-electron chi connectivity index (χ0n) is 9.23. The van der Waals surface area contributed by atoms with E-state index in [0.29, 0.717) is 11.7 Å². The molecule has 1 heterocycles. The van der Waals surface area contributed by atoms with Gasteiger partial charge < -0.3 is 11.5 Å². The number of nitrogens with zero attached hydrogens (tertiary/aromatic N) is 1. The Balaban J connectivity index is 2.31. The summed E-state index contributed by atoms with van der Waals surface area (Å²) in [4.78, 5) is 5.48. The zero-order valence-corrected chi connectivity index (χ0v) is 10.1. The van der Waals surface area contributed by atoms with Crippen molar-refractivity contribution in [3.05, 3.63) is 34.7 Å². The second kappa shape index (κ2) is 4.63. The number of nitrogens with two attached hydrogens (primary N) is 2. The molecule has 84 valence electrons. The maximum atomic E-state index is 5.69. The minimum Gasteiger partial charge on any atom is -0.375 e. The third kappa shape index (κ3) is 2.23. The minimum absolute atomic E-state index is 0.624. The summed E-state index contributed by atoms with van der Waals surface area (Å²) in [5.74, 6) is 0. The van der Waals surface area contributed by atoms with E-state index in [0.717, 1.165) is 22.6 Å². The molecule has 0 saturated carbocycles. The molecule has 0 atom stereocenters. The van der Waals surface area contributed by atoms with Gasteiger partial charge in [0, 0.05) is 10.4 Å². The third-order valence-electron chi connectivity index (χ3n) is 2.47. The molecule has 0 bridgehead atoms. The summed E-state index contributed by atoms with van der Waals surface area (Å²) in [5.41, 5.74) is 14.6. The molecule has 1 aromatic carbocycles. The third-order valence-corrected chi connectivity index (χ3v) is 3.27. The Kier molecular flexibility index (Phi) is 3.22. The molecule has 0 spiro atoms. The Bertz CT molecular complexity index is 474. The molecular formula is C12H15N3S. The van der Waals surface area contributed by atoms with Gasteiger partial charge in [-0.1, -0.05) is 24.3 Å². The second-order valence-corrected chi connectivity index (χ2v) is 4.93. The lowest BCUT2D eigenvalue weighted by molar-refractivity contribution is 0.969. The molecule has 2 aromatic rings. The van der Waals surface area contributed by atoms with Crippen LogP contribution in [0.25, 0.3) is 11.3 Å². The average molecular weight is 233 g/mol. The van der Waals surface area contributed by atoms with Gasteiger partial charge in [-0.05, 0) is 25.5 Å². The van der Waals surface area contributed by atoms with Gasteiger partial charge in [0.05, 0.1) is 5.69 Å². The molecular weight excluding hydrogens is 218 g/mol. The Morgan fingerprint density at radius 3 is 2.44 bits per heavy atom. The van der Waals surface area contributed by atoms with Gasteiger partial charge in [0.1, 0.15) is 0 Å². The van der Waals surface area contributed by atoms with E-state index >= 15 is 0 Å². The van der Waals surface area contributed by atoms with Crippen LogP contribution in [0.4, 0.5) is 5.13 Å². The molecule has 4 heteroatoms. The summed E-state index contributed by atoms with van der Waals surface area (Å²) in [5, 5.41) is 0.624. The van der Waals surface area contributed by atoms with Crippen LogP contribution >= 0.6 is 11.3 Å². The number of thiazole rings is 1.